The third kappa shape index (κ3) is 3.36. The number of esters is 1. The maximum atomic E-state index is 13.2. The van der Waals surface area contributed by atoms with Crippen LogP contribution >= 0.6 is 0 Å². The van der Waals surface area contributed by atoms with E-state index in [9.17, 15) is 14.4 Å². The normalized spacial score (nSPS) is 11.5. The van der Waals surface area contributed by atoms with Crippen LogP contribution in [0.2, 0.25) is 0 Å². The Hall–Kier alpha value is -3.94. The second kappa shape index (κ2) is 7.59. The van der Waals surface area contributed by atoms with Gasteiger partial charge in [0.1, 0.15) is 5.65 Å². The molecular formula is C21H18N4O4. The van der Waals surface area contributed by atoms with E-state index in [4.69, 9.17) is 0 Å². The van der Waals surface area contributed by atoms with E-state index in [1.165, 1.54) is 23.8 Å². The van der Waals surface area contributed by atoms with Crippen LogP contribution in [0.15, 0.2) is 76.5 Å². The number of allylic oxidation sites excluding steroid dienone is 1. The molecule has 0 spiro atoms. The number of rotatable bonds is 5. The Morgan fingerprint density at radius 2 is 1.83 bits per heavy atom. The second-order valence-corrected chi connectivity index (χ2v) is 6.41. The van der Waals surface area contributed by atoms with E-state index < -0.39 is 17.2 Å². The minimum atomic E-state index is -0.557. The minimum absolute atomic E-state index is 0.0580. The van der Waals surface area contributed by atoms with Crippen molar-refractivity contribution >= 4 is 22.8 Å². The van der Waals surface area contributed by atoms with Crippen LogP contribution in [0.4, 0.5) is 0 Å². The zero-order valence-electron chi connectivity index (χ0n) is 15.7. The van der Waals surface area contributed by atoms with Gasteiger partial charge < -0.3 is 4.74 Å². The average Bonchev–Trinajstić information content (AvgIpc) is 3.13. The molecule has 0 unspecified atom stereocenters. The number of ether oxygens (including phenoxy) is 1. The van der Waals surface area contributed by atoms with Crippen LogP contribution < -0.4 is 11.2 Å². The Kier molecular flexibility index (Phi) is 4.82. The molecule has 1 aromatic carbocycles. The van der Waals surface area contributed by atoms with Gasteiger partial charge in [-0.25, -0.2) is 14.6 Å². The molecule has 3 aromatic heterocycles. The van der Waals surface area contributed by atoms with E-state index >= 15 is 0 Å². The first-order valence-electron chi connectivity index (χ1n) is 8.99. The number of methoxy groups -OCH3 is 1. The summed E-state index contributed by atoms with van der Waals surface area (Å²) in [5, 5.41) is 0. The van der Waals surface area contributed by atoms with Crippen molar-refractivity contribution in [2.24, 2.45) is 0 Å². The van der Waals surface area contributed by atoms with E-state index in [0.717, 1.165) is 10.1 Å². The van der Waals surface area contributed by atoms with Crippen molar-refractivity contribution in [3.05, 3.63) is 93.3 Å². The van der Waals surface area contributed by atoms with Crippen LogP contribution in [0.1, 0.15) is 5.56 Å². The summed E-state index contributed by atoms with van der Waals surface area (Å²) < 4.78 is 8.79. The summed E-state index contributed by atoms with van der Waals surface area (Å²) in [5.41, 5.74) is 1.14. The Balaban J connectivity index is 1.96. The molecule has 0 aliphatic carbocycles. The van der Waals surface area contributed by atoms with Crippen molar-refractivity contribution in [3.63, 3.8) is 0 Å². The Labute approximate surface area is 164 Å². The first-order chi connectivity index (χ1) is 14.1. The smallest absolute Gasteiger partial charge is 0.333 e. The first-order valence-corrected chi connectivity index (χ1v) is 8.99. The van der Waals surface area contributed by atoms with Crippen LogP contribution in [0, 0.1) is 0 Å². The van der Waals surface area contributed by atoms with Crippen molar-refractivity contribution in [1.82, 2.24) is 18.5 Å². The van der Waals surface area contributed by atoms with Gasteiger partial charge in [0.15, 0.2) is 11.2 Å². The monoisotopic (exact) mass is 390 g/mol. The summed E-state index contributed by atoms with van der Waals surface area (Å²) in [7, 11) is 1.26. The number of fused-ring (bicyclic) bond motifs is 3. The zero-order chi connectivity index (χ0) is 20.4. The van der Waals surface area contributed by atoms with Crippen molar-refractivity contribution in [2.75, 3.05) is 7.11 Å². The van der Waals surface area contributed by atoms with Crippen molar-refractivity contribution in [1.29, 1.82) is 0 Å². The van der Waals surface area contributed by atoms with Gasteiger partial charge in [-0.15, -0.1) is 0 Å². The Bertz CT molecular complexity index is 1350. The fourth-order valence-electron chi connectivity index (χ4n) is 3.21. The molecule has 0 radical (unpaired) electrons. The predicted molar refractivity (Wildman–Crippen MR) is 108 cm³/mol. The summed E-state index contributed by atoms with van der Waals surface area (Å²) in [6.07, 6.45) is 4.35. The molecule has 4 aromatic rings. The standard InChI is InChI=1S/C21H18N4O4/c1-29-17(26)11-7-13-24-20(27)18-19(22-16-10-5-6-12-23(16)18)25(21(24)28)14-15-8-3-2-4-9-15/h2-12H,13-14H2,1H3/b11-7+. The molecule has 4 rings (SSSR count). The molecule has 8 heteroatoms. The van der Waals surface area contributed by atoms with Crippen LogP contribution in [0.5, 0.6) is 0 Å². The molecule has 0 bridgehead atoms. The summed E-state index contributed by atoms with van der Waals surface area (Å²) in [6, 6.07) is 14.9. The Morgan fingerprint density at radius 3 is 2.59 bits per heavy atom. The summed E-state index contributed by atoms with van der Waals surface area (Å²) >= 11 is 0. The van der Waals surface area contributed by atoms with E-state index in [1.807, 2.05) is 36.4 Å². The number of aromatic nitrogens is 4. The number of benzene rings is 1. The molecule has 29 heavy (non-hydrogen) atoms. The van der Waals surface area contributed by atoms with Crippen molar-refractivity contribution in [2.45, 2.75) is 13.1 Å². The fourth-order valence-corrected chi connectivity index (χ4v) is 3.21. The molecule has 3 heterocycles. The second-order valence-electron chi connectivity index (χ2n) is 6.41. The lowest BCUT2D eigenvalue weighted by molar-refractivity contribution is -0.134. The number of imidazole rings is 1. The van der Waals surface area contributed by atoms with Gasteiger partial charge in [-0.3, -0.25) is 18.3 Å². The number of nitrogens with zero attached hydrogens (tertiary/aromatic N) is 4. The third-order valence-corrected chi connectivity index (χ3v) is 4.60. The predicted octanol–water partition coefficient (Wildman–Crippen LogP) is 1.59. The lowest BCUT2D eigenvalue weighted by Crippen LogP contribution is -2.40. The van der Waals surface area contributed by atoms with Gasteiger partial charge in [-0.2, -0.15) is 0 Å². The van der Waals surface area contributed by atoms with Gasteiger partial charge in [0.25, 0.3) is 5.56 Å². The first kappa shape index (κ1) is 18.4. The van der Waals surface area contributed by atoms with Gasteiger partial charge in [-0.05, 0) is 17.7 Å². The highest BCUT2D eigenvalue weighted by atomic mass is 16.5. The maximum absolute atomic E-state index is 13.2. The molecule has 0 aliphatic rings. The van der Waals surface area contributed by atoms with Crippen molar-refractivity contribution < 1.29 is 9.53 Å². The Morgan fingerprint density at radius 1 is 1.07 bits per heavy atom. The molecule has 0 aliphatic heterocycles. The quantitative estimate of drug-likeness (QED) is 0.381. The number of hydrogen-bond donors (Lipinski definition) is 0. The highest BCUT2D eigenvalue weighted by Crippen LogP contribution is 2.13. The van der Waals surface area contributed by atoms with E-state index in [-0.39, 0.29) is 13.1 Å². The van der Waals surface area contributed by atoms with Gasteiger partial charge in [-0.1, -0.05) is 42.5 Å². The van der Waals surface area contributed by atoms with Crippen molar-refractivity contribution in [3.8, 4) is 0 Å². The van der Waals surface area contributed by atoms with Crippen LogP contribution in [-0.4, -0.2) is 31.6 Å². The number of carbonyl (C=O) groups is 1. The molecule has 0 saturated carbocycles. The molecule has 8 nitrogen and oxygen atoms in total. The SMILES string of the molecule is COC(=O)/C=C/Cn1c(=O)c2c(nc3ccccn32)n(Cc2ccccc2)c1=O. The number of carbonyl (C=O) groups excluding carboxylic acids is 1. The van der Waals surface area contributed by atoms with E-state index in [2.05, 4.69) is 9.72 Å². The summed E-state index contributed by atoms with van der Waals surface area (Å²) in [6.45, 7) is 0.207. The third-order valence-electron chi connectivity index (χ3n) is 4.60. The fraction of sp³-hybridized carbons (Fsp3) is 0.143. The molecular weight excluding hydrogens is 372 g/mol. The molecule has 146 valence electrons. The average molecular weight is 390 g/mol. The molecule has 0 fully saturated rings. The molecule has 0 saturated heterocycles. The van der Waals surface area contributed by atoms with Gasteiger partial charge >= 0.3 is 11.7 Å². The summed E-state index contributed by atoms with van der Waals surface area (Å²) in [5.74, 6) is -0.557. The van der Waals surface area contributed by atoms with Gasteiger partial charge in [0.05, 0.1) is 13.7 Å². The van der Waals surface area contributed by atoms with Crippen LogP contribution in [0.25, 0.3) is 16.8 Å². The lowest BCUT2D eigenvalue weighted by atomic mass is 10.2. The van der Waals surface area contributed by atoms with Crippen LogP contribution in [-0.2, 0) is 22.6 Å². The number of pyridine rings is 1. The van der Waals surface area contributed by atoms with Gasteiger partial charge in [0.2, 0.25) is 0 Å². The van der Waals surface area contributed by atoms with E-state index in [1.54, 1.807) is 22.7 Å². The largest absolute Gasteiger partial charge is 0.466 e. The van der Waals surface area contributed by atoms with E-state index in [0.29, 0.717) is 16.8 Å². The number of hydrogen-bond acceptors (Lipinski definition) is 5. The highest BCUT2D eigenvalue weighted by molar-refractivity contribution is 5.81. The van der Waals surface area contributed by atoms with Gasteiger partial charge in [0, 0.05) is 18.8 Å². The topological polar surface area (TPSA) is 87.6 Å². The molecule has 0 N–H and O–H groups in total. The highest BCUT2D eigenvalue weighted by Gasteiger charge is 2.18. The van der Waals surface area contributed by atoms with Crippen LogP contribution in [0.3, 0.4) is 0 Å². The summed E-state index contributed by atoms with van der Waals surface area (Å²) in [4.78, 5) is 42.1. The zero-order valence-corrected chi connectivity index (χ0v) is 15.7. The minimum Gasteiger partial charge on any atom is -0.466 e. The molecule has 0 amide bonds. The maximum Gasteiger partial charge on any atom is 0.333 e. The lowest BCUT2D eigenvalue weighted by Gasteiger charge is -2.10. The molecule has 0 atom stereocenters.